The Morgan fingerprint density at radius 2 is 2.10 bits per heavy atom. The van der Waals surface area contributed by atoms with Gasteiger partial charge in [-0.2, -0.15) is 5.26 Å². The monoisotopic (exact) mass is 283 g/mol. The first-order valence-electron chi connectivity index (χ1n) is 6.65. The van der Waals surface area contributed by atoms with Gasteiger partial charge in [-0.25, -0.2) is 0 Å². The number of nitrogens with zero attached hydrogens (tertiary/aromatic N) is 2. The second-order valence-corrected chi connectivity index (χ2v) is 4.51. The van der Waals surface area contributed by atoms with Crippen LogP contribution in [-0.4, -0.2) is 12.1 Å². The van der Waals surface area contributed by atoms with Gasteiger partial charge in [-0.05, 0) is 30.7 Å². The summed E-state index contributed by atoms with van der Waals surface area (Å²) < 4.78 is 11.0. The maximum absolute atomic E-state index is 8.88. The fraction of sp³-hybridized carbons (Fsp3) is 0.250. The summed E-state index contributed by atoms with van der Waals surface area (Å²) in [4.78, 5) is 4.29. The number of ether oxygens (including phenoxy) is 2. The quantitative estimate of drug-likeness (QED) is 0.911. The minimum atomic E-state index is -0.0662. The first-order chi connectivity index (χ1) is 10.2. The van der Waals surface area contributed by atoms with Crippen molar-refractivity contribution in [3.63, 3.8) is 0 Å². The molecule has 0 saturated heterocycles. The van der Waals surface area contributed by atoms with Crippen LogP contribution in [0.2, 0.25) is 0 Å². The lowest BCUT2D eigenvalue weighted by Crippen LogP contribution is -2.10. The van der Waals surface area contributed by atoms with Gasteiger partial charge in [-0.1, -0.05) is 6.92 Å². The molecule has 0 spiro atoms. The van der Waals surface area contributed by atoms with Gasteiger partial charge < -0.3 is 15.2 Å². The molecule has 0 amide bonds. The number of rotatable bonds is 5. The number of nitrogens with two attached hydrogens (primary N) is 1. The summed E-state index contributed by atoms with van der Waals surface area (Å²) in [5.74, 6) is 1.62. The Balaban J connectivity index is 2.20. The standard InChI is InChI=1S/C16H17N3O2/c1-3-13(18)14-6-5-12(10-19-14)21-15-7-4-11(9-17)8-16(15)20-2/h4-8,10,13H,3,18H2,1-2H3/t13-/m1/s1. The van der Waals surface area contributed by atoms with E-state index in [0.29, 0.717) is 22.8 Å². The van der Waals surface area contributed by atoms with Gasteiger partial charge in [0.25, 0.3) is 0 Å². The molecule has 21 heavy (non-hydrogen) atoms. The van der Waals surface area contributed by atoms with E-state index in [1.807, 2.05) is 19.1 Å². The molecule has 5 heteroatoms. The predicted octanol–water partition coefficient (Wildman–Crippen LogP) is 3.16. The molecule has 2 N–H and O–H groups in total. The van der Waals surface area contributed by atoms with Crippen LogP contribution < -0.4 is 15.2 Å². The van der Waals surface area contributed by atoms with E-state index in [9.17, 15) is 0 Å². The Kier molecular flexibility index (Phi) is 4.75. The predicted molar refractivity (Wildman–Crippen MR) is 79.2 cm³/mol. The molecule has 2 aromatic rings. The fourth-order valence-corrected chi connectivity index (χ4v) is 1.83. The number of benzene rings is 1. The Labute approximate surface area is 123 Å². The molecule has 1 heterocycles. The molecule has 0 aliphatic rings. The number of methoxy groups -OCH3 is 1. The molecule has 0 aliphatic heterocycles. The summed E-state index contributed by atoms with van der Waals surface area (Å²) in [6.07, 6.45) is 2.46. The molecule has 0 saturated carbocycles. The van der Waals surface area contributed by atoms with Crippen molar-refractivity contribution in [3.05, 3.63) is 47.8 Å². The minimum Gasteiger partial charge on any atom is -0.493 e. The van der Waals surface area contributed by atoms with Crippen molar-refractivity contribution in [3.8, 4) is 23.3 Å². The zero-order valence-electron chi connectivity index (χ0n) is 12.0. The van der Waals surface area contributed by atoms with Crippen LogP contribution in [0, 0.1) is 11.3 Å². The van der Waals surface area contributed by atoms with E-state index in [2.05, 4.69) is 11.1 Å². The van der Waals surface area contributed by atoms with Crippen LogP contribution >= 0.6 is 0 Å². The lowest BCUT2D eigenvalue weighted by molar-refractivity contribution is 0.378. The van der Waals surface area contributed by atoms with Gasteiger partial charge in [0, 0.05) is 12.1 Å². The number of aromatic nitrogens is 1. The van der Waals surface area contributed by atoms with Crippen molar-refractivity contribution >= 4 is 0 Å². The number of nitriles is 1. The van der Waals surface area contributed by atoms with Gasteiger partial charge in [0.05, 0.1) is 30.6 Å². The van der Waals surface area contributed by atoms with Crippen molar-refractivity contribution < 1.29 is 9.47 Å². The summed E-state index contributed by atoms with van der Waals surface area (Å²) in [6, 6.07) is 10.7. The second-order valence-electron chi connectivity index (χ2n) is 4.51. The fourth-order valence-electron chi connectivity index (χ4n) is 1.83. The average Bonchev–Trinajstić information content (AvgIpc) is 2.55. The molecule has 0 radical (unpaired) electrons. The van der Waals surface area contributed by atoms with E-state index < -0.39 is 0 Å². The van der Waals surface area contributed by atoms with Gasteiger partial charge in [0.2, 0.25) is 0 Å². The highest BCUT2D eigenvalue weighted by Crippen LogP contribution is 2.32. The molecule has 0 unspecified atom stereocenters. The Bertz CT molecular complexity index is 648. The van der Waals surface area contributed by atoms with Gasteiger partial charge in [-0.15, -0.1) is 0 Å². The lowest BCUT2D eigenvalue weighted by atomic mass is 10.1. The summed E-state index contributed by atoms with van der Waals surface area (Å²) in [6.45, 7) is 2.01. The normalized spacial score (nSPS) is 11.5. The highest BCUT2D eigenvalue weighted by molar-refractivity contribution is 5.48. The summed E-state index contributed by atoms with van der Waals surface area (Å²) in [5.41, 5.74) is 7.27. The molecule has 1 aromatic carbocycles. The van der Waals surface area contributed by atoms with Crippen LogP contribution in [-0.2, 0) is 0 Å². The number of hydrogen-bond donors (Lipinski definition) is 1. The minimum absolute atomic E-state index is 0.0662. The number of pyridine rings is 1. The maximum Gasteiger partial charge on any atom is 0.169 e. The smallest absolute Gasteiger partial charge is 0.169 e. The van der Waals surface area contributed by atoms with Crippen molar-refractivity contribution in [2.24, 2.45) is 5.73 Å². The first-order valence-corrected chi connectivity index (χ1v) is 6.65. The maximum atomic E-state index is 8.88. The third-order valence-corrected chi connectivity index (χ3v) is 3.10. The van der Waals surface area contributed by atoms with Crippen LogP contribution in [0.5, 0.6) is 17.2 Å². The zero-order chi connectivity index (χ0) is 15.2. The molecule has 0 fully saturated rings. The van der Waals surface area contributed by atoms with Gasteiger partial charge in [-0.3, -0.25) is 4.98 Å². The first kappa shape index (κ1) is 14.8. The van der Waals surface area contributed by atoms with E-state index in [4.69, 9.17) is 20.5 Å². The third-order valence-electron chi connectivity index (χ3n) is 3.10. The van der Waals surface area contributed by atoms with E-state index >= 15 is 0 Å². The van der Waals surface area contributed by atoms with Crippen molar-refractivity contribution in [2.45, 2.75) is 19.4 Å². The molecule has 1 atom stereocenters. The second kappa shape index (κ2) is 6.73. The largest absolute Gasteiger partial charge is 0.493 e. The van der Waals surface area contributed by atoms with E-state index in [0.717, 1.165) is 12.1 Å². The van der Waals surface area contributed by atoms with Crippen LogP contribution in [0.15, 0.2) is 36.5 Å². The summed E-state index contributed by atoms with van der Waals surface area (Å²) in [5, 5.41) is 8.88. The van der Waals surface area contributed by atoms with Crippen molar-refractivity contribution in [1.82, 2.24) is 4.98 Å². The third kappa shape index (κ3) is 3.50. The molecule has 5 nitrogen and oxygen atoms in total. The van der Waals surface area contributed by atoms with Gasteiger partial charge >= 0.3 is 0 Å². The van der Waals surface area contributed by atoms with E-state index in [1.165, 1.54) is 7.11 Å². The summed E-state index contributed by atoms with van der Waals surface area (Å²) in [7, 11) is 1.53. The molecule has 1 aromatic heterocycles. The van der Waals surface area contributed by atoms with E-state index in [1.54, 1.807) is 24.4 Å². The van der Waals surface area contributed by atoms with Gasteiger partial charge in [0.15, 0.2) is 11.5 Å². The topological polar surface area (TPSA) is 81.2 Å². The average molecular weight is 283 g/mol. The molecule has 2 rings (SSSR count). The Morgan fingerprint density at radius 1 is 1.29 bits per heavy atom. The SMILES string of the molecule is CC[C@@H](N)c1ccc(Oc2ccc(C#N)cc2OC)cn1. The lowest BCUT2D eigenvalue weighted by Gasteiger charge is -2.12. The van der Waals surface area contributed by atoms with Crippen LogP contribution in [0.3, 0.4) is 0 Å². The zero-order valence-corrected chi connectivity index (χ0v) is 12.0. The molecule has 0 bridgehead atoms. The molecular weight excluding hydrogens is 266 g/mol. The highest BCUT2D eigenvalue weighted by atomic mass is 16.5. The highest BCUT2D eigenvalue weighted by Gasteiger charge is 2.09. The van der Waals surface area contributed by atoms with Crippen molar-refractivity contribution in [1.29, 1.82) is 5.26 Å². The Hall–Kier alpha value is -2.58. The molecular formula is C16H17N3O2. The number of hydrogen-bond acceptors (Lipinski definition) is 5. The Morgan fingerprint density at radius 3 is 2.67 bits per heavy atom. The van der Waals surface area contributed by atoms with Crippen LogP contribution in [0.25, 0.3) is 0 Å². The van der Waals surface area contributed by atoms with E-state index in [-0.39, 0.29) is 6.04 Å². The molecule has 0 aliphatic carbocycles. The van der Waals surface area contributed by atoms with Crippen LogP contribution in [0.1, 0.15) is 30.6 Å². The molecule has 108 valence electrons. The van der Waals surface area contributed by atoms with Crippen LogP contribution in [0.4, 0.5) is 0 Å². The van der Waals surface area contributed by atoms with Gasteiger partial charge in [0.1, 0.15) is 5.75 Å². The summed E-state index contributed by atoms with van der Waals surface area (Å²) >= 11 is 0. The van der Waals surface area contributed by atoms with Crippen molar-refractivity contribution in [2.75, 3.05) is 7.11 Å².